The molecule has 1 amide bonds. The second kappa shape index (κ2) is 8.05. The number of hydrogen-bond acceptors (Lipinski definition) is 6. The number of benzene rings is 1. The molecule has 150 valence electrons. The molecule has 1 heterocycles. The van der Waals surface area contributed by atoms with Crippen molar-refractivity contribution in [2.75, 3.05) is 18.2 Å². The Kier molecular flexibility index (Phi) is 5.90. The number of carbonyl (C=O) groups excluding carboxylic acids is 2. The van der Waals surface area contributed by atoms with Gasteiger partial charge in [0, 0.05) is 22.2 Å². The smallest absolute Gasteiger partial charge is 0.339 e. The van der Waals surface area contributed by atoms with E-state index in [1.54, 1.807) is 35.8 Å². The predicted octanol–water partition coefficient (Wildman–Crippen LogP) is 3.38. The lowest BCUT2D eigenvalue weighted by atomic mass is 9.88. The Morgan fingerprint density at radius 1 is 1.32 bits per heavy atom. The van der Waals surface area contributed by atoms with E-state index >= 15 is 0 Å². The van der Waals surface area contributed by atoms with Gasteiger partial charge in [-0.1, -0.05) is 13.0 Å². The zero-order chi connectivity index (χ0) is 20.5. The second-order valence-electron chi connectivity index (χ2n) is 7.28. The van der Waals surface area contributed by atoms with Gasteiger partial charge in [0.2, 0.25) is 0 Å². The molecule has 6 nitrogen and oxygen atoms in total. The van der Waals surface area contributed by atoms with E-state index in [0.29, 0.717) is 22.7 Å². The highest BCUT2D eigenvalue weighted by Crippen LogP contribution is 2.33. The quantitative estimate of drug-likeness (QED) is 0.748. The van der Waals surface area contributed by atoms with Gasteiger partial charge in [-0.3, -0.25) is 4.79 Å². The van der Waals surface area contributed by atoms with Crippen LogP contribution in [0, 0.1) is 12.8 Å². The molecule has 2 aromatic rings. The summed E-state index contributed by atoms with van der Waals surface area (Å²) in [5.74, 6) is -0.399. The second-order valence-corrected chi connectivity index (χ2v) is 10.2. The molecule has 1 aliphatic rings. The van der Waals surface area contributed by atoms with Crippen LogP contribution in [-0.4, -0.2) is 33.2 Å². The Bertz CT molecular complexity index is 1020. The van der Waals surface area contributed by atoms with Crippen LogP contribution in [0.15, 0.2) is 28.5 Å². The number of anilines is 1. The fraction of sp³-hybridized carbons (Fsp3) is 0.400. The molecule has 28 heavy (non-hydrogen) atoms. The molecule has 0 bridgehead atoms. The summed E-state index contributed by atoms with van der Waals surface area (Å²) >= 11 is 1.57. The molecule has 1 aromatic carbocycles. The van der Waals surface area contributed by atoms with Crippen molar-refractivity contribution in [3.8, 4) is 0 Å². The summed E-state index contributed by atoms with van der Waals surface area (Å²) < 4.78 is 28.8. The summed E-state index contributed by atoms with van der Waals surface area (Å²) in [4.78, 5) is 25.9. The number of rotatable bonds is 5. The van der Waals surface area contributed by atoms with E-state index in [1.165, 1.54) is 10.9 Å². The van der Waals surface area contributed by atoms with Crippen molar-refractivity contribution in [1.29, 1.82) is 0 Å². The molecule has 0 saturated carbocycles. The maximum atomic E-state index is 12.4. The molecule has 8 heteroatoms. The standard InChI is InChI=1S/C20H23NO5S2/c1-12-4-7-15-16(11-27-17(15)8-12)20(23)26-10-19(22)21-14-6-5-13(2)18(9-14)28(3,24)25/h5-6,9,11-12H,4,7-8,10H2,1-3H3,(H,21,22). The molecule has 0 fully saturated rings. The Morgan fingerprint density at radius 3 is 2.79 bits per heavy atom. The Balaban J connectivity index is 1.62. The average Bonchev–Trinajstić information content (AvgIpc) is 3.03. The highest BCUT2D eigenvalue weighted by molar-refractivity contribution is 7.90. The highest BCUT2D eigenvalue weighted by atomic mass is 32.2. The van der Waals surface area contributed by atoms with E-state index in [4.69, 9.17) is 4.74 Å². The number of esters is 1. The van der Waals surface area contributed by atoms with E-state index in [2.05, 4.69) is 12.2 Å². The summed E-state index contributed by atoms with van der Waals surface area (Å²) in [5, 5.41) is 4.38. The minimum atomic E-state index is -3.40. The third kappa shape index (κ3) is 4.62. The molecule has 1 N–H and O–H groups in total. The summed E-state index contributed by atoms with van der Waals surface area (Å²) in [6.45, 7) is 3.46. The van der Waals surface area contributed by atoms with E-state index < -0.39 is 28.3 Å². The van der Waals surface area contributed by atoms with Crippen LogP contribution in [0.1, 0.15) is 39.7 Å². The van der Waals surface area contributed by atoms with Gasteiger partial charge in [-0.2, -0.15) is 0 Å². The maximum absolute atomic E-state index is 12.4. The lowest BCUT2D eigenvalue weighted by Gasteiger charge is -2.18. The van der Waals surface area contributed by atoms with E-state index in [9.17, 15) is 18.0 Å². The number of sulfone groups is 1. The van der Waals surface area contributed by atoms with E-state index in [-0.39, 0.29) is 4.90 Å². The normalized spacial score (nSPS) is 16.3. The van der Waals surface area contributed by atoms with Crippen molar-refractivity contribution < 1.29 is 22.7 Å². The third-order valence-corrected chi connectivity index (χ3v) is 7.12. The number of thiophene rings is 1. The Hall–Kier alpha value is -2.19. The van der Waals surface area contributed by atoms with Crippen molar-refractivity contribution >= 4 is 38.7 Å². The van der Waals surface area contributed by atoms with Gasteiger partial charge in [0.15, 0.2) is 16.4 Å². The molecule has 0 radical (unpaired) electrons. The van der Waals surface area contributed by atoms with E-state index in [1.807, 2.05) is 0 Å². The molecule has 0 spiro atoms. The zero-order valence-electron chi connectivity index (χ0n) is 16.1. The number of amides is 1. The van der Waals surface area contributed by atoms with Gasteiger partial charge in [-0.05, 0) is 55.4 Å². The molecule has 1 atom stereocenters. The maximum Gasteiger partial charge on any atom is 0.339 e. The number of fused-ring (bicyclic) bond motifs is 1. The SMILES string of the molecule is Cc1ccc(NC(=O)COC(=O)c2csc3c2CCC(C)C3)cc1S(C)(=O)=O. The van der Waals surface area contributed by atoms with Gasteiger partial charge in [-0.25, -0.2) is 13.2 Å². The van der Waals surface area contributed by atoms with Crippen LogP contribution in [0.3, 0.4) is 0 Å². The van der Waals surface area contributed by atoms with Crippen LogP contribution < -0.4 is 5.32 Å². The molecule has 3 rings (SSSR count). The third-order valence-electron chi connectivity index (χ3n) is 4.83. The largest absolute Gasteiger partial charge is 0.452 e. The van der Waals surface area contributed by atoms with Crippen LogP contribution in [0.2, 0.25) is 0 Å². The summed E-state index contributed by atoms with van der Waals surface area (Å²) in [6, 6.07) is 4.64. The van der Waals surface area contributed by atoms with Gasteiger partial charge in [0.05, 0.1) is 10.5 Å². The van der Waals surface area contributed by atoms with Crippen molar-refractivity contribution in [3.05, 3.63) is 45.1 Å². The molecule has 0 saturated heterocycles. The summed E-state index contributed by atoms with van der Waals surface area (Å²) in [7, 11) is -3.40. The highest BCUT2D eigenvalue weighted by Gasteiger charge is 2.24. The Labute approximate surface area is 168 Å². The first kappa shape index (κ1) is 20.5. The van der Waals surface area contributed by atoms with Gasteiger partial charge in [-0.15, -0.1) is 11.3 Å². The summed E-state index contributed by atoms with van der Waals surface area (Å²) in [5.41, 5.74) is 2.54. The topological polar surface area (TPSA) is 89.5 Å². The van der Waals surface area contributed by atoms with Crippen molar-refractivity contribution in [2.45, 2.75) is 38.0 Å². The van der Waals surface area contributed by atoms with Crippen LogP contribution in [0.5, 0.6) is 0 Å². The van der Waals surface area contributed by atoms with Gasteiger partial charge in [0.25, 0.3) is 5.91 Å². The fourth-order valence-electron chi connectivity index (χ4n) is 3.33. The predicted molar refractivity (Wildman–Crippen MR) is 109 cm³/mol. The van der Waals surface area contributed by atoms with Crippen LogP contribution in [0.25, 0.3) is 0 Å². The number of nitrogens with one attached hydrogen (secondary N) is 1. The number of carbonyl (C=O) groups is 2. The molecular formula is C20H23NO5S2. The van der Waals surface area contributed by atoms with Gasteiger partial charge < -0.3 is 10.1 Å². The van der Waals surface area contributed by atoms with Crippen molar-refractivity contribution in [2.24, 2.45) is 5.92 Å². The van der Waals surface area contributed by atoms with Crippen LogP contribution in [-0.2, 0) is 32.2 Å². The van der Waals surface area contributed by atoms with Crippen molar-refractivity contribution in [3.63, 3.8) is 0 Å². The average molecular weight is 422 g/mol. The van der Waals surface area contributed by atoms with Crippen LogP contribution >= 0.6 is 11.3 Å². The first-order chi connectivity index (χ1) is 13.1. The van der Waals surface area contributed by atoms with Gasteiger partial charge >= 0.3 is 5.97 Å². The monoisotopic (exact) mass is 421 g/mol. The molecule has 1 aromatic heterocycles. The number of ether oxygens (including phenoxy) is 1. The fourth-order valence-corrected chi connectivity index (χ4v) is 5.56. The molecule has 1 aliphatic carbocycles. The van der Waals surface area contributed by atoms with Gasteiger partial charge in [0.1, 0.15) is 0 Å². The lowest BCUT2D eigenvalue weighted by Crippen LogP contribution is -2.22. The van der Waals surface area contributed by atoms with E-state index in [0.717, 1.165) is 31.1 Å². The number of aryl methyl sites for hydroxylation is 1. The molecule has 0 aliphatic heterocycles. The first-order valence-electron chi connectivity index (χ1n) is 9.02. The minimum absolute atomic E-state index is 0.154. The van der Waals surface area contributed by atoms with Crippen LogP contribution in [0.4, 0.5) is 5.69 Å². The molecular weight excluding hydrogens is 398 g/mol. The number of hydrogen-bond donors (Lipinski definition) is 1. The Morgan fingerprint density at radius 2 is 2.07 bits per heavy atom. The summed E-state index contributed by atoms with van der Waals surface area (Å²) in [6.07, 6.45) is 3.99. The lowest BCUT2D eigenvalue weighted by molar-refractivity contribution is -0.119. The zero-order valence-corrected chi connectivity index (χ0v) is 17.7. The molecule has 1 unspecified atom stereocenters. The van der Waals surface area contributed by atoms with Crippen molar-refractivity contribution in [1.82, 2.24) is 0 Å². The first-order valence-corrected chi connectivity index (χ1v) is 11.8. The minimum Gasteiger partial charge on any atom is -0.452 e.